The van der Waals surface area contributed by atoms with E-state index in [1.165, 1.54) is 0 Å². The van der Waals surface area contributed by atoms with E-state index in [1.807, 2.05) is 0 Å². The van der Waals surface area contributed by atoms with Crippen LogP contribution in [0.4, 0.5) is 0 Å². The normalized spacial score (nSPS) is 11.5. The Labute approximate surface area is 327 Å². The molecule has 0 radical (unpaired) electrons. The fourth-order valence-electron chi connectivity index (χ4n) is 3.93. The molecule has 0 N–H and O–H groups in total. The SMILES string of the molecule is O=c1n(Cc2c(Cl)c(Cl)c(Cl)c(Cl)c2Cl)c(=O)n(Cc2c(Cl)c(Cl)c(Cl)c(Cl)c2Cl)c(=O)n1Cc1c(Cl)c(Cl)c(Cl)c(Cl)c1Cl. The Morgan fingerprint density at radius 3 is 0.556 bits per heavy atom. The smallest absolute Gasteiger partial charge is 0.247 e. The third kappa shape index (κ3) is 6.80. The summed E-state index contributed by atoms with van der Waals surface area (Å²) in [6, 6.07) is 0. The lowest BCUT2D eigenvalue weighted by Gasteiger charge is -2.19. The van der Waals surface area contributed by atoms with Gasteiger partial charge in [0.2, 0.25) is 0 Å². The lowest BCUT2D eigenvalue weighted by atomic mass is 10.2. The Balaban J connectivity index is 2.09. The molecule has 0 aliphatic rings. The topological polar surface area (TPSA) is 66.0 Å². The van der Waals surface area contributed by atoms with Gasteiger partial charge in [0.1, 0.15) is 0 Å². The van der Waals surface area contributed by atoms with E-state index in [0.29, 0.717) is 13.7 Å². The van der Waals surface area contributed by atoms with Gasteiger partial charge in [0.25, 0.3) is 0 Å². The maximum Gasteiger partial charge on any atom is 0.336 e. The molecular weight excluding hydrogens is 910 g/mol. The molecule has 0 saturated carbocycles. The Morgan fingerprint density at radius 2 is 0.400 bits per heavy atom. The van der Waals surface area contributed by atoms with Gasteiger partial charge in [-0.15, -0.1) is 0 Å². The van der Waals surface area contributed by atoms with Gasteiger partial charge in [-0.3, -0.25) is 0 Å². The zero-order chi connectivity index (χ0) is 34.0. The van der Waals surface area contributed by atoms with E-state index < -0.39 is 36.7 Å². The molecule has 4 aromatic rings. The van der Waals surface area contributed by atoms with E-state index >= 15 is 0 Å². The summed E-state index contributed by atoms with van der Waals surface area (Å²) in [6.45, 7) is -2.00. The van der Waals surface area contributed by atoms with Crippen LogP contribution in [-0.2, 0) is 19.6 Å². The molecule has 3 aromatic carbocycles. The standard InChI is InChI=1S/C24H6Cl15N3O3/c25-7-4(8(26)14(32)19(37)13(7)31)1-40-22(43)41(2-5-9(27)15(33)20(38)16(34)10(5)28)24(45)42(23(40)44)3-6-11(29)17(35)21(39)18(36)12(6)30/h1-3H2. The van der Waals surface area contributed by atoms with E-state index in [2.05, 4.69) is 0 Å². The monoisotopic (exact) mass is 909 g/mol. The molecular formula is C24H6Cl15N3O3. The average Bonchev–Trinajstić information content (AvgIpc) is 3.01. The molecule has 0 atom stereocenters. The maximum absolute atomic E-state index is 13.9. The second kappa shape index (κ2) is 14.7. The van der Waals surface area contributed by atoms with Crippen molar-refractivity contribution in [2.24, 2.45) is 0 Å². The highest BCUT2D eigenvalue weighted by molar-refractivity contribution is 6.57. The van der Waals surface area contributed by atoms with Crippen molar-refractivity contribution in [2.75, 3.05) is 0 Å². The first-order valence-electron chi connectivity index (χ1n) is 11.3. The van der Waals surface area contributed by atoms with Crippen LogP contribution in [0.1, 0.15) is 16.7 Å². The maximum atomic E-state index is 13.9. The van der Waals surface area contributed by atoms with Crippen molar-refractivity contribution in [3.05, 3.63) is 123 Å². The molecule has 0 unspecified atom stereocenters. The van der Waals surface area contributed by atoms with E-state index in [0.717, 1.165) is 0 Å². The zero-order valence-corrected chi connectivity index (χ0v) is 32.2. The Kier molecular flexibility index (Phi) is 12.5. The van der Waals surface area contributed by atoms with Crippen LogP contribution in [0, 0.1) is 0 Å². The van der Waals surface area contributed by atoms with Crippen LogP contribution < -0.4 is 17.1 Å². The fourth-order valence-corrected chi connectivity index (χ4v) is 7.82. The first-order valence-corrected chi connectivity index (χ1v) is 17.0. The van der Waals surface area contributed by atoms with Gasteiger partial charge in [-0.05, 0) is 0 Å². The second-order valence-corrected chi connectivity index (χ2v) is 14.4. The predicted octanol–water partition coefficient (Wildman–Crippen LogP) is 12.1. The molecule has 0 aliphatic carbocycles. The van der Waals surface area contributed by atoms with Gasteiger partial charge < -0.3 is 0 Å². The molecule has 0 spiro atoms. The van der Waals surface area contributed by atoms with Crippen molar-refractivity contribution in [1.29, 1.82) is 0 Å². The number of halogens is 15. The summed E-state index contributed by atoms with van der Waals surface area (Å²) in [5, 5.41) is -3.14. The molecule has 45 heavy (non-hydrogen) atoms. The molecule has 240 valence electrons. The van der Waals surface area contributed by atoms with Crippen molar-refractivity contribution in [3.63, 3.8) is 0 Å². The van der Waals surface area contributed by atoms with Crippen LogP contribution in [0.2, 0.25) is 75.3 Å². The molecule has 0 saturated heterocycles. The highest BCUT2D eigenvalue weighted by atomic mass is 35.5. The average molecular weight is 916 g/mol. The van der Waals surface area contributed by atoms with Gasteiger partial charge >= 0.3 is 17.1 Å². The molecule has 4 rings (SSSR count). The molecule has 1 heterocycles. The van der Waals surface area contributed by atoms with Crippen LogP contribution >= 0.6 is 174 Å². The number of hydrogen-bond donors (Lipinski definition) is 0. The van der Waals surface area contributed by atoms with E-state index in [9.17, 15) is 14.4 Å². The van der Waals surface area contributed by atoms with Gasteiger partial charge in [0.15, 0.2) is 0 Å². The molecule has 0 aliphatic heterocycles. The Bertz CT molecular complexity index is 1770. The van der Waals surface area contributed by atoms with E-state index in [4.69, 9.17) is 174 Å². The summed E-state index contributed by atoms with van der Waals surface area (Å²) in [6.07, 6.45) is 0. The van der Waals surface area contributed by atoms with Crippen molar-refractivity contribution in [1.82, 2.24) is 13.7 Å². The number of aromatic nitrogens is 3. The molecule has 1 aromatic heterocycles. The van der Waals surface area contributed by atoms with Crippen LogP contribution in [0.5, 0.6) is 0 Å². The minimum Gasteiger partial charge on any atom is -0.247 e. The molecule has 0 fully saturated rings. The van der Waals surface area contributed by atoms with Crippen molar-refractivity contribution in [3.8, 4) is 0 Å². The number of benzene rings is 3. The minimum absolute atomic E-state index is 0.0871. The third-order valence-electron chi connectivity index (χ3n) is 6.24. The van der Waals surface area contributed by atoms with Crippen LogP contribution in [-0.4, -0.2) is 13.7 Å². The zero-order valence-electron chi connectivity index (χ0n) is 20.9. The Morgan fingerprint density at radius 1 is 0.267 bits per heavy atom. The van der Waals surface area contributed by atoms with Crippen LogP contribution in [0.25, 0.3) is 0 Å². The lowest BCUT2D eigenvalue weighted by molar-refractivity contribution is 0.492. The number of hydrogen-bond acceptors (Lipinski definition) is 3. The highest BCUT2D eigenvalue weighted by Gasteiger charge is 2.27. The van der Waals surface area contributed by atoms with Gasteiger partial charge in [-0.1, -0.05) is 174 Å². The van der Waals surface area contributed by atoms with Gasteiger partial charge in [-0.2, -0.15) is 0 Å². The summed E-state index contributed by atoms with van der Waals surface area (Å²) in [7, 11) is 0. The molecule has 6 nitrogen and oxygen atoms in total. The number of rotatable bonds is 6. The molecule has 21 heteroatoms. The fraction of sp³-hybridized carbons (Fsp3) is 0.125. The first kappa shape index (κ1) is 38.2. The minimum atomic E-state index is -1.19. The summed E-state index contributed by atoms with van der Waals surface area (Å²) in [4.78, 5) is 41.6. The van der Waals surface area contributed by atoms with Crippen LogP contribution in [0.15, 0.2) is 14.4 Å². The second-order valence-electron chi connectivity index (χ2n) is 8.75. The van der Waals surface area contributed by atoms with Gasteiger partial charge in [0, 0.05) is 16.7 Å². The van der Waals surface area contributed by atoms with Gasteiger partial charge in [0.05, 0.1) is 95.0 Å². The lowest BCUT2D eigenvalue weighted by Crippen LogP contribution is -2.55. The van der Waals surface area contributed by atoms with Crippen molar-refractivity contribution >= 4 is 174 Å². The van der Waals surface area contributed by atoms with Gasteiger partial charge in [-0.25, -0.2) is 28.1 Å². The molecule has 0 bridgehead atoms. The first-order chi connectivity index (χ1) is 20.8. The highest BCUT2D eigenvalue weighted by Crippen LogP contribution is 2.46. The number of nitrogens with zero attached hydrogens (tertiary/aromatic N) is 3. The summed E-state index contributed by atoms with van der Waals surface area (Å²) in [5.41, 5.74) is -3.82. The Hall–Kier alpha value is 0.420. The molecule has 0 amide bonds. The quantitative estimate of drug-likeness (QED) is 0.143. The largest absolute Gasteiger partial charge is 0.336 e. The summed E-state index contributed by atoms with van der Waals surface area (Å²) >= 11 is 93.7. The third-order valence-corrected chi connectivity index (χ3v) is 13.3. The van der Waals surface area contributed by atoms with Crippen molar-refractivity contribution in [2.45, 2.75) is 19.6 Å². The summed E-state index contributed by atoms with van der Waals surface area (Å²) in [5.74, 6) is 0. The predicted molar refractivity (Wildman–Crippen MR) is 191 cm³/mol. The summed E-state index contributed by atoms with van der Waals surface area (Å²) < 4.78 is 1.78. The van der Waals surface area contributed by atoms with E-state index in [-0.39, 0.29) is 92.0 Å². The van der Waals surface area contributed by atoms with Crippen LogP contribution in [0.3, 0.4) is 0 Å². The van der Waals surface area contributed by atoms with E-state index in [1.54, 1.807) is 0 Å². The van der Waals surface area contributed by atoms with Crippen molar-refractivity contribution < 1.29 is 0 Å².